The minimum absolute atomic E-state index is 0.0360. The van der Waals surface area contributed by atoms with Crippen molar-refractivity contribution in [2.45, 2.75) is 23.7 Å². The van der Waals surface area contributed by atoms with Crippen LogP contribution >= 0.6 is 11.3 Å². The van der Waals surface area contributed by atoms with E-state index in [-0.39, 0.29) is 34.3 Å². The SMILES string of the molecule is COC(=O)c1c(S(=O)(=O)NCc2ccccc2F)sc2c1CCN(C(=O)c1ccnn1C)C2. The number of carbonyl (C=O) groups is 2. The molecule has 0 atom stereocenters. The van der Waals surface area contributed by atoms with Crippen molar-refractivity contribution in [3.63, 3.8) is 0 Å². The molecule has 2 aromatic heterocycles. The number of fused-ring (bicyclic) bond motifs is 1. The summed E-state index contributed by atoms with van der Waals surface area (Å²) in [5.74, 6) is -1.55. The van der Waals surface area contributed by atoms with Gasteiger partial charge in [-0.3, -0.25) is 9.48 Å². The molecule has 0 bridgehead atoms. The second-order valence-corrected chi connectivity index (χ2v) is 10.5. The van der Waals surface area contributed by atoms with Crippen molar-refractivity contribution in [3.8, 4) is 0 Å². The van der Waals surface area contributed by atoms with E-state index in [0.29, 0.717) is 29.1 Å². The fraction of sp³-hybridized carbons (Fsp3) is 0.286. The number of rotatable bonds is 6. The number of hydrogen-bond donors (Lipinski definition) is 1. The number of aromatic nitrogens is 2. The first-order valence-corrected chi connectivity index (χ1v) is 12.3. The molecule has 1 aromatic carbocycles. The topological polar surface area (TPSA) is 111 Å². The van der Waals surface area contributed by atoms with Gasteiger partial charge in [-0.25, -0.2) is 22.3 Å². The Morgan fingerprint density at radius 2 is 2.03 bits per heavy atom. The smallest absolute Gasteiger partial charge is 0.340 e. The Labute approximate surface area is 193 Å². The number of esters is 1. The molecule has 3 heterocycles. The van der Waals surface area contributed by atoms with Crippen molar-refractivity contribution in [1.29, 1.82) is 0 Å². The molecule has 1 aliphatic heterocycles. The van der Waals surface area contributed by atoms with Gasteiger partial charge in [0.15, 0.2) is 0 Å². The molecule has 1 aliphatic rings. The lowest BCUT2D eigenvalue weighted by Gasteiger charge is -2.27. The number of nitrogens with one attached hydrogen (secondary N) is 1. The Balaban J connectivity index is 1.65. The van der Waals surface area contributed by atoms with Gasteiger partial charge in [0.25, 0.3) is 15.9 Å². The van der Waals surface area contributed by atoms with Gasteiger partial charge < -0.3 is 9.64 Å². The van der Waals surface area contributed by atoms with E-state index in [9.17, 15) is 22.4 Å². The number of sulfonamides is 1. The molecule has 174 valence electrons. The van der Waals surface area contributed by atoms with E-state index in [0.717, 1.165) is 11.3 Å². The number of carbonyl (C=O) groups excluding carboxylic acids is 2. The first-order valence-electron chi connectivity index (χ1n) is 9.96. The standard InChI is InChI=1S/C21H21FN4O5S2/c1-25-16(7-9-23-25)19(27)26-10-8-14-17(12-26)32-21(18(14)20(28)31-2)33(29,30)24-11-13-5-3-4-6-15(13)22/h3-7,9,24H,8,10-12H2,1-2H3. The lowest BCUT2D eigenvalue weighted by atomic mass is 10.0. The van der Waals surface area contributed by atoms with Crippen LogP contribution in [0.25, 0.3) is 0 Å². The molecule has 0 radical (unpaired) electrons. The van der Waals surface area contributed by atoms with Crippen LogP contribution in [0.5, 0.6) is 0 Å². The largest absolute Gasteiger partial charge is 0.465 e. The maximum Gasteiger partial charge on any atom is 0.340 e. The summed E-state index contributed by atoms with van der Waals surface area (Å²) in [6.07, 6.45) is 1.82. The molecule has 0 spiro atoms. The lowest BCUT2D eigenvalue weighted by Crippen LogP contribution is -2.36. The Kier molecular flexibility index (Phi) is 6.32. The van der Waals surface area contributed by atoms with Crippen molar-refractivity contribution in [1.82, 2.24) is 19.4 Å². The van der Waals surface area contributed by atoms with Crippen molar-refractivity contribution < 1.29 is 27.1 Å². The van der Waals surface area contributed by atoms with Crippen LogP contribution in [-0.2, 0) is 41.3 Å². The van der Waals surface area contributed by atoms with Crippen molar-refractivity contribution in [2.75, 3.05) is 13.7 Å². The number of aryl methyl sites for hydroxylation is 1. The normalized spacial score (nSPS) is 13.6. The Morgan fingerprint density at radius 3 is 2.70 bits per heavy atom. The van der Waals surface area contributed by atoms with Crippen molar-refractivity contribution in [3.05, 3.63) is 69.6 Å². The van der Waals surface area contributed by atoms with Crippen LogP contribution in [0.3, 0.4) is 0 Å². The number of nitrogens with zero attached hydrogens (tertiary/aromatic N) is 3. The second kappa shape index (κ2) is 9.04. The van der Waals surface area contributed by atoms with E-state index < -0.39 is 21.8 Å². The molecule has 4 rings (SSSR count). The van der Waals surface area contributed by atoms with Gasteiger partial charge in [-0.05, 0) is 24.1 Å². The number of ether oxygens (including phenoxy) is 1. The number of methoxy groups -OCH3 is 1. The lowest BCUT2D eigenvalue weighted by molar-refractivity contribution is 0.0595. The molecular formula is C21H21FN4O5S2. The van der Waals surface area contributed by atoms with E-state index in [1.807, 2.05) is 0 Å². The molecule has 0 fully saturated rings. The van der Waals surface area contributed by atoms with Crippen LogP contribution in [0.15, 0.2) is 40.7 Å². The summed E-state index contributed by atoms with van der Waals surface area (Å²) in [5, 5.41) is 4.01. The summed E-state index contributed by atoms with van der Waals surface area (Å²) in [6, 6.07) is 7.43. The Hall–Kier alpha value is -3.09. The fourth-order valence-electron chi connectivity index (χ4n) is 3.68. The Bertz CT molecular complexity index is 1330. The maximum atomic E-state index is 13.9. The highest BCUT2D eigenvalue weighted by Crippen LogP contribution is 2.37. The highest BCUT2D eigenvalue weighted by Gasteiger charge is 2.35. The van der Waals surface area contributed by atoms with Gasteiger partial charge >= 0.3 is 5.97 Å². The highest BCUT2D eigenvalue weighted by atomic mass is 32.2. The zero-order chi connectivity index (χ0) is 23.8. The molecule has 12 heteroatoms. The number of benzene rings is 1. The van der Waals surface area contributed by atoms with Crippen LogP contribution in [0.4, 0.5) is 4.39 Å². The van der Waals surface area contributed by atoms with E-state index in [2.05, 4.69) is 9.82 Å². The van der Waals surface area contributed by atoms with Crippen LogP contribution in [0.1, 0.15) is 36.9 Å². The van der Waals surface area contributed by atoms with Crippen LogP contribution in [-0.4, -0.2) is 48.6 Å². The molecule has 0 saturated carbocycles. The summed E-state index contributed by atoms with van der Waals surface area (Å²) in [4.78, 5) is 27.6. The van der Waals surface area contributed by atoms with Crippen molar-refractivity contribution >= 4 is 33.2 Å². The molecule has 33 heavy (non-hydrogen) atoms. The summed E-state index contributed by atoms with van der Waals surface area (Å²) < 4.78 is 48.6. The van der Waals surface area contributed by atoms with Crippen LogP contribution in [0.2, 0.25) is 0 Å². The Morgan fingerprint density at radius 1 is 1.27 bits per heavy atom. The van der Waals surface area contributed by atoms with Crippen LogP contribution in [0, 0.1) is 5.82 Å². The minimum atomic E-state index is -4.16. The van der Waals surface area contributed by atoms with Gasteiger partial charge in [0.1, 0.15) is 15.7 Å². The average Bonchev–Trinajstić information content (AvgIpc) is 3.41. The highest BCUT2D eigenvalue weighted by molar-refractivity contribution is 7.91. The zero-order valence-electron chi connectivity index (χ0n) is 17.9. The predicted molar refractivity (Wildman–Crippen MR) is 118 cm³/mol. The molecule has 0 unspecified atom stereocenters. The number of thiophene rings is 1. The monoisotopic (exact) mass is 492 g/mol. The number of amides is 1. The number of hydrogen-bond acceptors (Lipinski definition) is 7. The summed E-state index contributed by atoms with van der Waals surface area (Å²) in [7, 11) is -1.32. The third kappa shape index (κ3) is 4.41. The summed E-state index contributed by atoms with van der Waals surface area (Å²) in [5.41, 5.74) is 1.09. The fourth-order valence-corrected chi connectivity index (χ4v) is 6.62. The molecule has 9 nitrogen and oxygen atoms in total. The summed E-state index contributed by atoms with van der Waals surface area (Å²) in [6.45, 7) is 0.181. The molecule has 0 aliphatic carbocycles. The maximum absolute atomic E-state index is 13.9. The average molecular weight is 493 g/mol. The van der Waals surface area contributed by atoms with E-state index in [4.69, 9.17) is 4.74 Å². The van der Waals surface area contributed by atoms with Crippen molar-refractivity contribution in [2.24, 2.45) is 7.05 Å². The zero-order valence-corrected chi connectivity index (χ0v) is 19.5. The molecular weight excluding hydrogens is 471 g/mol. The van der Waals surface area contributed by atoms with Gasteiger partial charge in [-0.2, -0.15) is 5.10 Å². The van der Waals surface area contributed by atoms with Gasteiger partial charge in [0.2, 0.25) is 0 Å². The first-order chi connectivity index (χ1) is 15.7. The predicted octanol–water partition coefficient (Wildman–Crippen LogP) is 2.08. The molecule has 0 saturated heterocycles. The third-order valence-electron chi connectivity index (χ3n) is 5.40. The van der Waals surface area contributed by atoms with Gasteiger partial charge in [-0.15, -0.1) is 11.3 Å². The van der Waals surface area contributed by atoms with Gasteiger partial charge in [0.05, 0.1) is 19.2 Å². The number of halogens is 1. The first kappa shape index (κ1) is 23.1. The van der Waals surface area contributed by atoms with E-state index in [1.165, 1.54) is 36.2 Å². The minimum Gasteiger partial charge on any atom is -0.465 e. The van der Waals surface area contributed by atoms with Gasteiger partial charge in [0, 0.05) is 36.8 Å². The third-order valence-corrected chi connectivity index (χ3v) is 8.53. The second-order valence-electron chi connectivity index (χ2n) is 7.39. The van der Waals surface area contributed by atoms with E-state index in [1.54, 1.807) is 24.1 Å². The van der Waals surface area contributed by atoms with Gasteiger partial charge in [-0.1, -0.05) is 18.2 Å². The molecule has 1 amide bonds. The molecule has 1 N–H and O–H groups in total. The van der Waals surface area contributed by atoms with Crippen LogP contribution < -0.4 is 4.72 Å². The quantitative estimate of drug-likeness (QED) is 0.528. The summed E-state index contributed by atoms with van der Waals surface area (Å²) >= 11 is 0.913. The molecule has 3 aromatic rings. The van der Waals surface area contributed by atoms with E-state index >= 15 is 0 Å².